The molecular formula is C13H20N2O4S. The normalized spacial score (nSPS) is 27.6. The maximum absolute atomic E-state index is 12.4. The van der Waals surface area contributed by atoms with Gasteiger partial charge in [0.25, 0.3) is 0 Å². The Morgan fingerprint density at radius 3 is 2.80 bits per heavy atom. The summed E-state index contributed by atoms with van der Waals surface area (Å²) in [5.41, 5.74) is 0. The average molecular weight is 300 g/mol. The second kappa shape index (κ2) is 6.47. The molecule has 20 heavy (non-hydrogen) atoms. The van der Waals surface area contributed by atoms with E-state index >= 15 is 0 Å². The molecule has 0 saturated carbocycles. The van der Waals surface area contributed by atoms with Crippen molar-refractivity contribution in [2.75, 3.05) is 18.8 Å². The number of carboxylic acids is 1. The van der Waals surface area contributed by atoms with Crippen molar-refractivity contribution in [3.05, 3.63) is 0 Å². The van der Waals surface area contributed by atoms with Crippen LogP contribution in [0, 0.1) is 0 Å². The van der Waals surface area contributed by atoms with Crippen molar-refractivity contribution in [2.45, 2.75) is 44.0 Å². The maximum Gasteiger partial charge on any atom is 0.327 e. The minimum absolute atomic E-state index is 0.00206. The Morgan fingerprint density at radius 2 is 2.10 bits per heavy atom. The molecule has 2 amide bonds. The van der Waals surface area contributed by atoms with Crippen LogP contribution < -0.4 is 0 Å². The van der Waals surface area contributed by atoms with E-state index in [2.05, 4.69) is 0 Å². The van der Waals surface area contributed by atoms with Crippen LogP contribution in [0.1, 0.15) is 32.6 Å². The molecule has 0 bridgehead atoms. The second-order valence-corrected chi connectivity index (χ2v) is 6.56. The predicted molar refractivity (Wildman–Crippen MR) is 75.2 cm³/mol. The molecule has 6 nitrogen and oxygen atoms in total. The van der Waals surface area contributed by atoms with Gasteiger partial charge in [0.05, 0.1) is 11.9 Å². The molecule has 0 aromatic carbocycles. The van der Waals surface area contributed by atoms with Gasteiger partial charge in [-0.2, -0.15) is 0 Å². The van der Waals surface area contributed by atoms with Crippen molar-refractivity contribution in [1.29, 1.82) is 0 Å². The standard InChI is InChI=1S/C13H20N2O4S/c1-9-15(10(8-20-9)13(18)19)12(17)7-14-6-4-2-3-5-11(14)16/h9-10H,2-8H2,1H3,(H,18,19). The summed E-state index contributed by atoms with van der Waals surface area (Å²) in [6, 6.07) is -0.774. The minimum Gasteiger partial charge on any atom is -0.480 e. The Balaban J connectivity index is 2.02. The Hall–Kier alpha value is -1.24. The number of hydrogen-bond acceptors (Lipinski definition) is 4. The Kier molecular flexibility index (Phi) is 4.91. The fraction of sp³-hybridized carbons (Fsp3) is 0.769. The molecule has 1 N–H and O–H groups in total. The van der Waals surface area contributed by atoms with Gasteiger partial charge in [-0.25, -0.2) is 4.79 Å². The van der Waals surface area contributed by atoms with Crippen LogP contribution >= 0.6 is 11.8 Å². The van der Waals surface area contributed by atoms with E-state index in [0.29, 0.717) is 18.7 Å². The zero-order valence-corrected chi connectivity index (χ0v) is 12.4. The lowest BCUT2D eigenvalue weighted by molar-refractivity contribution is -0.150. The molecule has 0 radical (unpaired) electrons. The van der Waals surface area contributed by atoms with E-state index in [4.69, 9.17) is 5.11 Å². The minimum atomic E-state index is -0.975. The first-order valence-electron chi connectivity index (χ1n) is 6.94. The summed E-state index contributed by atoms with van der Waals surface area (Å²) in [5.74, 6) is -0.819. The smallest absolute Gasteiger partial charge is 0.327 e. The zero-order chi connectivity index (χ0) is 14.7. The fourth-order valence-corrected chi connectivity index (χ4v) is 3.85. The summed E-state index contributed by atoms with van der Waals surface area (Å²) >= 11 is 1.46. The van der Waals surface area contributed by atoms with E-state index < -0.39 is 12.0 Å². The number of amides is 2. The lowest BCUT2D eigenvalue weighted by Gasteiger charge is -2.28. The average Bonchev–Trinajstić information content (AvgIpc) is 2.67. The van der Waals surface area contributed by atoms with Crippen molar-refractivity contribution in [3.63, 3.8) is 0 Å². The van der Waals surface area contributed by atoms with Gasteiger partial charge in [-0.05, 0) is 19.8 Å². The molecule has 2 fully saturated rings. The Morgan fingerprint density at radius 1 is 1.35 bits per heavy atom. The van der Waals surface area contributed by atoms with Gasteiger partial charge >= 0.3 is 5.97 Å². The molecule has 2 aliphatic heterocycles. The van der Waals surface area contributed by atoms with E-state index in [0.717, 1.165) is 19.3 Å². The van der Waals surface area contributed by atoms with Gasteiger partial charge < -0.3 is 14.9 Å². The topological polar surface area (TPSA) is 77.9 Å². The van der Waals surface area contributed by atoms with Gasteiger partial charge in [-0.3, -0.25) is 9.59 Å². The van der Waals surface area contributed by atoms with Gasteiger partial charge in [0.15, 0.2) is 0 Å². The Labute approximate surface area is 122 Å². The van der Waals surface area contributed by atoms with Crippen LogP contribution in [0.2, 0.25) is 0 Å². The number of carbonyl (C=O) groups excluding carboxylic acids is 2. The van der Waals surface area contributed by atoms with Crippen LogP contribution in [0.3, 0.4) is 0 Å². The first kappa shape index (κ1) is 15.2. The summed E-state index contributed by atoms with van der Waals surface area (Å²) in [4.78, 5) is 38.4. The zero-order valence-electron chi connectivity index (χ0n) is 11.6. The molecule has 2 saturated heterocycles. The summed E-state index contributed by atoms with van der Waals surface area (Å²) in [6.45, 7) is 2.43. The number of hydrogen-bond donors (Lipinski definition) is 1. The largest absolute Gasteiger partial charge is 0.480 e. The molecule has 0 spiro atoms. The van der Waals surface area contributed by atoms with E-state index in [9.17, 15) is 14.4 Å². The highest BCUT2D eigenvalue weighted by atomic mass is 32.2. The quantitative estimate of drug-likeness (QED) is 0.832. The van der Waals surface area contributed by atoms with Crippen molar-refractivity contribution in [2.24, 2.45) is 0 Å². The number of carbonyl (C=O) groups is 3. The predicted octanol–water partition coefficient (Wildman–Crippen LogP) is 0.764. The van der Waals surface area contributed by atoms with E-state index in [1.54, 1.807) is 4.90 Å². The van der Waals surface area contributed by atoms with Gasteiger partial charge in [0.1, 0.15) is 6.04 Å². The summed E-state index contributed by atoms with van der Waals surface area (Å²) in [7, 11) is 0. The monoisotopic (exact) mass is 300 g/mol. The van der Waals surface area contributed by atoms with Gasteiger partial charge in [-0.1, -0.05) is 6.42 Å². The number of thioether (sulfide) groups is 1. The third-order valence-electron chi connectivity index (χ3n) is 3.79. The SMILES string of the molecule is CC1SCC(C(=O)O)N1C(=O)CN1CCCCCC1=O. The molecule has 2 aliphatic rings. The third kappa shape index (κ3) is 3.26. The molecule has 7 heteroatoms. The highest BCUT2D eigenvalue weighted by Gasteiger charge is 2.40. The summed E-state index contributed by atoms with van der Waals surface area (Å²) in [6.07, 6.45) is 3.27. The van der Waals surface area contributed by atoms with E-state index in [1.807, 2.05) is 6.92 Å². The lowest BCUT2D eigenvalue weighted by atomic mass is 10.2. The molecule has 2 heterocycles. The van der Waals surface area contributed by atoms with Crippen molar-refractivity contribution in [3.8, 4) is 0 Å². The summed E-state index contributed by atoms with van der Waals surface area (Å²) < 4.78 is 0. The van der Waals surface area contributed by atoms with E-state index in [1.165, 1.54) is 16.7 Å². The van der Waals surface area contributed by atoms with Crippen molar-refractivity contribution < 1.29 is 19.5 Å². The molecule has 2 unspecified atom stereocenters. The molecule has 112 valence electrons. The number of aliphatic carboxylic acids is 1. The van der Waals surface area contributed by atoms with E-state index in [-0.39, 0.29) is 23.7 Å². The van der Waals surface area contributed by atoms with Gasteiger partial charge in [-0.15, -0.1) is 11.8 Å². The van der Waals surface area contributed by atoms with Crippen LogP contribution in [0.15, 0.2) is 0 Å². The number of likely N-dealkylation sites (tertiary alicyclic amines) is 1. The van der Waals surface area contributed by atoms with Gasteiger partial charge in [0.2, 0.25) is 11.8 Å². The summed E-state index contributed by atoms with van der Waals surface area (Å²) in [5, 5.41) is 9.02. The highest BCUT2D eigenvalue weighted by molar-refractivity contribution is 8.00. The number of carboxylic acid groups (broad SMARTS) is 1. The number of rotatable bonds is 3. The van der Waals surface area contributed by atoms with Crippen LogP contribution in [0.4, 0.5) is 0 Å². The molecule has 0 aliphatic carbocycles. The van der Waals surface area contributed by atoms with Crippen LogP contribution in [0.25, 0.3) is 0 Å². The van der Waals surface area contributed by atoms with Gasteiger partial charge in [0, 0.05) is 18.7 Å². The third-order valence-corrected chi connectivity index (χ3v) is 5.01. The molecule has 2 rings (SSSR count). The molecular weight excluding hydrogens is 280 g/mol. The second-order valence-electron chi connectivity index (χ2n) is 5.21. The number of nitrogens with zero attached hydrogens (tertiary/aromatic N) is 2. The molecule has 0 aromatic heterocycles. The van der Waals surface area contributed by atoms with Crippen LogP contribution in [-0.4, -0.2) is 62.9 Å². The molecule has 0 aromatic rings. The Bertz CT molecular complexity index is 415. The van der Waals surface area contributed by atoms with Crippen LogP contribution in [0.5, 0.6) is 0 Å². The van der Waals surface area contributed by atoms with Crippen molar-refractivity contribution >= 4 is 29.5 Å². The maximum atomic E-state index is 12.4. The first-order valence-corrected chi connectivity index (χ1v) is 7.99. The van der Waals surface area contributed by atoms with Crippen molar-refractivity contribution in [1.82, 2.24) is 9.80 Å². The highest BCUT2D eigenvalue weighted by Crippen LogP contribution is 2.29. The van der Waals surface area contributed by atoms with Crippen LogP contribution in [-0.2, 0) is 14.4 Å². The molecule has 2 atom stereocenters. The lowest BCUT2D eigenvalue weighted by Crippen LogP contribution is -2.49. The first-order chi connectivity index (χ1) is 9.50. The fourth-order valence-electron chi connectivity index (χ4n) is 2.66.